The molecule has 1 fully saturated rings. The number of hydrogen-bond donors (Lipinski definition) is 1. The first-order valence-electron chi connectivity index (χ1n) is 8.90. The van der Waals surface area contributed by atoms with E-state index in [1.54, 1.807) is 30.3 Å². The number of esters is 1. The third-order valence-corrected chi connectivity index (χ3v) is 4.02. The second kappa shape index (κ2) is 8.81. The van der Waals surface area contributed by atoms with E-state index in [2.05, 4.69) is 10.1 Å². The van der Waals surface area contributed by atoms with Crippen LogP contribution in [0.4, 0.5) is 13.2 Å². The highest BCUT2D eigenvalue weighted by Gasteiger charge is 2.31. The van der Waals surface area contributed by atoms with Gasteiger partial charge in [-0.25, -0.2) is 4.79 Å². The van der Waals surface area contributed by atoms with Gasteiger partial charge < -0.3 is 14.8 Å². The van der Waals surface area contributed by atoms with Gasteiger partial charge in [0.2, 0.25) is 6.10 Å². The van der Waals surface area contributed by atoms with Crippen molar-refractivity contribution in [3.63, 3.8) is 0 Å². The Morgan fingerprint density at radius 1 is 1.03 bits per heavy atom. The molecule has 8 heteroatoms. The van der Waals surface area contributed by atoms with Crippen LogP contribution in [0.2, 0.25) is 0 Å². The number of amides is 1. The third-order valence-electron chi connectivity index (χ3n) is 4.02. The van der Waals surface area contributed by atoms with Crippen molar-refractivity contribution in [2.24, 2.45) is 0 Å². The fraction of sp³-hybridized carbons (Fsp3) is 0.238. The molecule has 0 bridgehead atoms. The van der Waals surface area contributed by atoms with E-state index in [9.17, 15) is 22.8 Å². The van der Waals surface area contributed by atoms with E-state index in [1.165, 1.54) is 18.2 Å². The first-order chi connectivity index (χ1) is 13.8. The maximum Gasteiger partial charge on any atom is 0.573 e. The Labute approximate surface area is 165 Å². The molecule has 0 aromatic heterocycles. The number of nitrogens with one attached hydrogen (secondary N) is 1. The first kappa shape index (κ1) is 20.4. The van der Waals surface area contributed by atoms with Crippen molar-refractivity contribution in [2.45, 2.75) is 31.3 Å². The van der Waals surface area contributed by atoms with Gasteiger partial charge in [0.25, 0.3) is 5.91 Å². The highest BCUT2D eigenvalue weighted by atomic mass is 19.4. The number of halogens is 3. The van der Waals surface area contributed by atoms with Crippen LogP contribution < -0.4 is 10.1 Å². The van der Waals surface area contributed by atoms with Crippen molar-refractivity contribution in [1.82, 2.24) is 5.32 Å². The van der Waals surface area contributed by atoms with Crippen LogP contribution in [0.15, 0.2) is 60.7 Å². The fourth-order valence-electron chi connectivity index (χ4n) is 2.51. The summed E-state index contributed by atoms with van der Waals surface area (Å²) in [4.78, 5) is 24.6. The quantitative estimate of drug-likeness (QED) is 0.555. The fourth-order valence-corrected chi connectivity index (χ4v) is 2.51. The smallest absolute Gasteiger partial charge is 0.444 e. The second-order valence-corrected chi connectivity index (χ2v) is 6.46. The summed E-state index contributed by atoms with van der Waals surface area (Å²) in [5.74, 6) is -1.51. The lowest BCUT2D eigenvalue weighted by atomic mass is 10.1. The summed E-state index contributed by atoms with van der Waals surface area (Å²) < 4.78 is 45.6. The van der Waals surface area contributed by atoms with Crippen LogP contribution in [-0.2, 0) is 14.3 Å². The number of ether oxygens (including phenoxy) is 2. The number of alkyl halides is 3. The number of rotatable bonds is 7. The van der Waals surface area contributed by atoms with Gasteiger partial charge in [0, 0.05) is 17.7 Å². The molecular formula is C21H18F3NO4. The molecule has 0 saturated heterocycles. The lowest BCUT2D eigenvalue weighted by Gasteiger charge is -2.17. The van der Waals surface area contributed by atoms with Gasteiger partial charge >= 0.3 is 12.3 Å². The molecule has 1 atom stereocenters. The molecule has 1 saturated carbocycles. The number of carbonyl (C=O) groups is 2. The molecular weight excluding hydrogens is 387 g/mol. The Morgan fingerprint density at radius 2 is 1.69 bits per heavy atom. The van der Waals surface area contributed by atoms with Crippen molar-refractivity contribution >= 4 is 18.0 Å². The van der Waals surface area contributed by atoms with Crippen LogP contribution in [0.5, 0.6) is 5.75 Å². The minimum Gasteiger partial charge on any atom is -0.444 e. The van der Waals surface area contributed by atoms with E-state index in [-0.39, 0.29) is 11.8 Å². The topological polar surface area (TPSA) is 64.6 Å². The van der Waals surface area contributed by atoms with Crippen LogP contribution in [0.25, 0.3) is 6.08 Å². The summed E-state index contributed by atoms with van der Waals surface area (Å²) in [5, 5.41) is 2.81. The molecule has 0 radical (unpaired) electrons. The molecule has 1 amide bonds. The van der Waals surface area contributed by atoms with Crippen LogP contribution in [0.3, 0.4) is 0 Å². The van der Waals surface area contributed by atoms with Crippen LogP contribution >= 0.6 is 0 Å². The van der Waals surface area contributed by atoms with E-state index >= 15 is 0 Å². The van der Waals surface area contributed by atoms with E-state index < -0.39 is 24.3 Å². The lowest BCUT2D eigenvalue weighted by molar-refractivity contribution is -0.274. The van der Waals surface area contributed by atoms with Gasteiger partial charge in [-0.1, -0.05) is 42.5 Å². The zero-order valence-electron chi connectivity index (χ0n) is 15.2. The van der Waals surface area contributed by atoms with E-state index in [0.717, 1.165) is 31.1 Å². The van der Waals surface area contributed by atoms with Gasteiger partial charge in [-0.05, 0) is 36.6 Å². The summed E-state index contributed by atoms with van der Waals surface area (Å²) in [6, 6.07) is 13.7. The zero-order valence-corrected chi connectivity index (χ0v) is 15.2. The average Bonchev–Trinajstić information content (AvgIpc) is 3.49. The standard InChI is InChI=1S/C21H18F3NO4/c22-21(23,24)29-17-11-6-14(7-12-17)8-13-18(26)28-19(15-4-2-1-3-5-15)20(27)25-16-9-10-16/h1-8,11-13,16,19H,9-10H2,(H,25,27)/b13-8+/t19-/m1/s1. The Morgan fingerprint density at radius 3 is 2.28 bits per heavy atom. The van der Waals surface area contributed by atoms with E-state index in [0.29, 0.717) is 11.1 Å². The molecule has 1 aliphatic carbocycles. The first-order valence-corrected chi connectivity index (χ1v) is 8.90. The summed E-state index contributed by atoms with van der Waals surface area (Å²) in [5.41, 5.74) is 1.01. The molecule has 0 heterocycles. The predicted octanol–water partition coefficient (Wildman–Crippen LogP) is 4.16. The van der Waals surface area contributed by atoms with Gasteiger partial charge in [0.1, 0.15) is 5.75 Å². The predicted molar refractivity (Wildman–Crippen MR) is 98.6 cm³/mol. The van der Waals surface area contributed by atoms with Crippen molar-refractivity contribution in [2.75, 3.05) is 0 Å². The second-order valence-electron chi connectivity index (χ2n) is 6.46. The number of carbonyl (C=O) groups excluding carboxylic acids is 2. The molecule has 0 unspecified atom stereocenters. The minimum absolute atomic E-state index is 0.111. The molecule has 29 heavy (non-hydrogen) atoms. The zero-order chi connectivity index (χ0) is 20.9. The van der Waals surface area contributed by atoms with Gasteiger partial charge in [0.05, 0.1) is 0 Å². The van der Waals surface area contributed by atoms with E-state index in [1.807, 2.05) is 0 Å². The molecule has 5 nitrogen and oxygen atoms in total. The summed E-state index contributed by atoms with van der Waals surface area (Å²) in [6.45, 7) is 0. The average molecular weight is 405 g/mol. The Balaban J connectivity index is 1.64. The molecule has 152 valence electrons. The minimum atomic E-state index is -4.77. The monoisotopic (exact) mass is 405 g/mol. The summed E-state index contributed by atoms with van der Waals surface area (Å²) >= 11 is 0. The maximum atomic E-state index is 12.4. The SMILES string of the molecule is O=C(/C=C/c1ccc(OC(F)(F)F)cc1)O[C@@H](C(=O)NC1CC1)c1ccccc1. The largest absolute Gasteiger partial charge is 0.573 e. The van der Waals surface area contributed by atoms with Crippen molar-refractivity contribution in [3.05, 3.63) is 71.8 Å². The molecule has 1 N–H and O–H groups in total. The molecule has 2 aromatic rings. The van der Waals surface area contributed by atoms with Gasteiger partial charge in [-0.3, -0.25) is 4.79 Å². The molecule has 3 rings (SSSR count). The van der Waals surface area contributed by atoms with Crippen LogP contribution in [0.1, 0.15) is 30.1 Å². The maximum absolute atomic E-state index is 12.4. The Bertz CT molecular complexity index is 875. The summed E-state index contributed by atoms with van der Waals surface area (Å²) in [7, 11) is 0. The van der Waals surface area contributed by atoms with Crippen molar-refractivity contribution in [3.8, 4) is 5.75 Å². The van der Waals surface area contributed by atoms with Crippen molar-refractivity contribution < 1.29 is 32.2 Å². The molecule has 0 aliphatic heterocycles. The third kappa shape index (κ3) is 6.67. The van der Waals surface area contributed by atoms with Crippen LogP contribution in [0, 0.1) is 0 Å². The van der Waals surface area contributed by atoms with Gasteiger partial charge in [0.15, 0.2) is 0 Å². The molecule has 2 aromatic carbocycles. The Hall–Kier alpha value is -3.29. The lowest BCUT2D eigenvalue weighted by Crippen LogP contribution is -2.33. The molecule has 0 spiro atoms. The normalized spacial score (nSPS) is 15.0. The highest BCUT2D eigenvalue weighted by Crippen LogP contribution is 2.24. The van der Waals surface area contributed by atoms with Gasteiger partial charge in [-0.2, -0.15) is 0 Å². The number of benzene rings is 2. The highest BCUT2D eigenvalue weighted by molar-refractivity contribution is 5.91. The Kier molecular flexibility index (Phi) is 6.21. The number of hydrogen-bond acceptors (Lipinski definition) is 4. The summed E-state index contributed by atoms with van der Waals surface area (Å²) in [6.07, 6.45) is -1.57. The van der Waals surface area contributed by atoms with Crippen LogP contribution in [-0.4, -0.2) is 24.3 Å². The van der Waals surface area contributed by atoms with Gasteiger partial charge in [-0.15, -0.1) is 13.2 Å². The van der Waals surface area contributed by atoms with Crippen molar-refractivity contribution in [1.29, 1.82) is 0 Å². The van der Waals surface area contributed by atoms with E-state index in [4.69, 9.17) is 4.74 Å². The molecule has 1 aliphatic rings.